The van der Waals surface area contributed by atoms with Crippen molar-refractivity contribution >= 4 is 5.97 Å². The summed E-state index contributed by atoms with van der Waals surface area (Å²) in [5.74, 6) is -0.722. The first-order valence-corrected chi connectivity index (χ1v) is 7.25. The van der Waals surface area contributed by atoms with Gasteiger partial charge >= 0.3 is 5.97 Å². The highest BCUT2D eigenvalue weighted by molar-refractivity contribution is 5.78. The maximum absolute atomic E-state index is 11.4. The third-order valence-corrected chi connectivity index (χ3v) is 3.87. The minimum absolute atomic E-state index is 0.353. The van der Waals surface area contributed by atoms with Gasteiger partial charge in [0.15, 0.2) is 0 Å². The van der Waals surface area contributed by atoms with Gasteiger partial charge in [-0.1, -0.05) is 20.3 Å². The molecule has 0 radical (unpaired) electrons. The molecule has 18 heavy (non-hydrogen) atoms. The Morgan fingerprint density at radius 3 is 2.39 bits per heavy atom. The van der Waals surface area contributed by atoms with E-state index in [9.17, 15) is 9.90 Å². The molecule has 0 saturated carbocycles. The number of hydrogen-bond donors (Lipinski definition) is 2. The van der Waals surface area contributed by atoms with Crippen molar-refractivity contribution < 1.29 is 9.90 Å². The molecule has 0 bridgehead atoms. The highest BCUT2D eigenvalue weighted by Gasteiger charge is 2.34. The van der Waals surface area contributed by atoms with E-state index in [0.29, 0.717) is 12.5 Å². The van der Waals surface area contributed by atoms with Crippen molar-refractivity contribution in [2.24, 2.45) is 0 Å². The molecule has 106 valence electrons. The van der Waals surface area contributed by atoms with Gasteiger partial charge in [0.1, 0.15) is 5.54 Å². The number of nitrogens with zero attached hydrogens (tertiary/aromatic N) is 1. The van der Waals surface area contributed by atoms with Crippen molar-refractivity contribution in [2.45, 2.75) is 64.5 Å². The third kappa shape index (κ3) is 4.25. The van der Waals surface area contributed by atoms with Gasteiger partial charge in [-0.05, 0) is 52.2 Å². The van der Waals surface area contributed by atoms with Gasteiger partial charge in [0.25, 0.3) is 0 Å². The number of likely N-dealkylation sites (tertiary alicyclic amines) is 1. The molecule has 1 rings (SSSR count). The Balaban J connectivity index is 2.45. The SMILES string of the molecule is CCCN1CCC(NC(C)(CCC)C(=O)O)CC1. The summed E-state index contributed by atoms with van der Waals surface area (Å²) >= 11 is 0. The fourth-order valence-electron chi connectivity index (χ4n) is 2.81. The minimum Gasteiger partial charge on any atom is -0.480 e. The highest BCUT2D eigenvalue weighted by atomic mass is 16.4. The van der Waals surface area contributed by atoms with E-state index in [4.69, 9.17) is 0 Å². The van der Waals surface area contributed by atoms with E-state index < -0.39 is 11.5 Å². The number of carboxylic acid groups (broad SMARTS) is 1. The summed E-state index contributed by atoms with van der Waals surface area (Å²) in [5.41, 5.74) is -0.758. The first-order valence-electron chi connectivity index (χ1n) is 7.25. The molecular formula is C14H28N2O2. The summed E-state index contributed by atoms with van der Waals surface area (Å²) in [6, 6.07) is 0.353. The highest BCUT2D eigenvalue weighted by Crippen LogP contribution is 2.18. The predicted molar refractivity (Wildman–Crippen MR) is 73.8 cm³/mol. The average molecular weight is 256 g/mol. The quantitative estimate of drug-likeness (QED) is 0.732. The van der Waals surface area contributed by atoms with Crippen LogP contribution in [0.15, 0.2) is 0 Å². The van der Waals surface area contributed by atoms with Crippen molar-refractivity contribution in [2.75, 3.05) is 19.6 Å². The second-order valence-electron chi connectivity index (χ2n) is 5.65. The molecular weight excluding hydrogens is 228 g/mol. The van der Waals surface area contributed by atoms with Gasteiger partial charge in [-0.15, -0.1) is 0 Å². The van der Waals surface area contributed by atoms with E-state index >= 15 is 0 Å². The number of carboxylic acids is 1. The van der Waals surface area contributed by atoms with Crippen LogP contribution in [0.1, 0.15) is 52.9 Å². The van der Waals surface area contributed by atoms with Gasteiger partial charge in [-0.2, -0.15) is 0 Å². The number of carbonyl (C=O) groups is 1. The minimum atomic E-state index is -0.758. The van der Waals surface area contributed by atoms with Crippen LogP contribution >= 0.6 is 0 Å². The molecule has 0 aromatic carbocycles. The summed E-state index contributed by atoms with van der Waals surface area (Å²) in [4.78, 5) is 13.8. The Morgan fingerprint density at radius 2 is 1.94 bits per heavy atom. The van der Waals surface area contributed by atoms with Gasteiger partial charge in [0.2, 0.25) is 0 Å². The van der Waals surface area contributed by atoms with E-state index in [1.807, 2.05) is 13.8 Å². The zero-order chi connectivity index (χ0) is 13.6. The maximum atomic E-state index is 11.4. The second-order valence-corrected chi connectivity index (χ2v) is 5.65. The third-order valence-electron chi connectivity index (χ3n) is 3.87. The summed E-state index contributed by atoms with van der Waals surface area (Å²) in [5, 5.41) is 12.7. The van der Waals surface area contributed by atoms with Gasteiger partial charge in [-0.3, -0.25) is 10.1 Å². The molecule has 1 fully saturated rings. The van der Waals surface area contributed by atoms with Crippen molar-refractivity contribution in [3.8, 4) is 0 Å². The molecule has 1 saturated heterocycles. The van der Waals surface area contributed by atoms with Crippen LogP contribution in [-0.2, 0) is 4.79 Å². The molecule has 0 aromatic rings. The van der Waals surface area contributed by atoms with Crippen LogP contribution in [0.4, 0.5) is 0 Å². The molecule has 1 aliphatic heterocycles. The standard InChI is InChI=1S/C14H28N2O2/c1-4-8-14(3,13(17)18)15-12-6-10-16(9-5-2)11-7-12/h12,15H,4-11H2,1-3H3,(H,17,18). The average Bonchev–Trinajstić information content (AvgIpc) is 2.32. The maximum Gasteiger partial charge on any atom is 0.323 e. The van der Waals surface area contributed by atoms with Gasteiger partial charge in [-0.25, -0.2) is 0 Å². The van der Waals surface area contributed by atoms with Gasteiger partial charge in [0, 0.05) is 6.04 Å². The zero-order valence-corrected chi connectivity index (χ0v) is 12.0. The first kappa shape index (κ1) is 15.4. The van der Waals surface area contributed by atoms with E-state index in [1.165, 1.54) is 6.42 Å². The molecule has 2 N–H and O–H groups in total. The Kier molecular flexibility index (Phi) is 6.09. The number of aliphatic carboxylic acids is 1. The van der Waals surface area contributed by atoms with E-state index in [2.05, 4.69) is 17.1 Å². The van der Waals surface area contributed by atoms with Crippen LogP contribution in [0.25, 0.3) is 0 Å². The Morgan fingerprint density at radius 1 is 1.33 bits per heavy atom. The zero-order valence-electron chi connectivity index (χ0n) is 12.0. The molecule has 1 unspecified atom stereocenters. The molecule has 0 aliphatic carbocycles. The molecule has 0 amide bonds. The van der Waals surface area contributed by atoms with Crippen LogP contribution in [0.2, 0.25) is 0 Å². The fourth-order valence-corrected chi connectivity index (χ4v) is 2.81. The first-order chi connectivity index (χ1) is 8.51. The lowest BCUT2D eigenvalue weighted by Gasteiger charge is -2.37. The monoisotopic (exact) mass is 256 g/mol. The molecule has 4 nitrogen and oxygen atoms in total. The largest absolute Gasteiger partial charge is 0.480 e. The number of hydrogen-bond acceptors (Lipinski definition) is 3. The van der Waals surface area contributed by atoms with Crippen LogP contribution < -0.4 is 5.32 Å². The molecule has 4 heteroatoms. The molecule has 1 aliphatic rings. The van der Waals surface area contributed by atoms with E-state index in [1.54, 1.807) is 0 Å². The van der Waals surface area contributed by atoms with Crippen LogP contribution in [-0.4, -0.2) is 47.2 Å². The summed E-state index contributed by atoms with van der Waals surface area (Å²) in [7, 11) is 0. The van der Waals surface area contributed by atoms with Crippen molar-refractivity contribution in [1.82, 2.24) is 10.2 Å². The Labute approximate surface area is 111 Å². The summed E-state index contributed by atoms with van der Waals surface area (Å²) < 4.78 is 0. The predicted octanol–water partition coefficient (Wildman–Crippen LogP) is 2.09. The summed E-state index contributed by atoms with van der Waals surface area (Å²) in [6.07, 6.45) is 4.90. The summed E-state index contributed by atoms with van der Waals surface area (Å²) in [6.45, 7) is 9.40. The fraction of sp³-hybridized carbons (Fsp3) is 0.929. The second kappa shape index (κ2) is 7.10. The van der Waals surface area contributed by atoms with Crippen LogP contribution in [0, 0.1) is 0 Å². The molecule has 1 atom stereocenters. The van der Waals surface area contributed by atoms with Gasteiger partial charge < -0.3 is 10.0 Å². The smallest absolute Gasteiger partial charge is 0.323 e. The Hall–Kier alpha value is -0.610. The molecule has 0 aromatic heterocycles. The normalized spacial score (nSPS) is 21.7. The van der Waals surface area contributed by atoms with E-state index in [0.717, 1.165) is 38.9 Å². The van der Waals surface area contributed by atoms with Crippen LogP contribution in [0.5, 0.6) is 0 Å². The van der Waals surface area contributed by atoms with E-state index in [-0.39, 0.29) is 0 Å². The molecule has 1 heterocycles. The van der Waals surface area contributed by atoms with Crippen LogP contribution in [0.3, 0.4) is 0 Å². The lowest BCUT2D eigenvalue weighted by atomic mass is 9.92. The lowest BCUT2D eigenvalue weighted by Crippen LogP contribution is -2.56. The van der Waals surface area contributed by atoms with Crippen molar-refractivity contribution in [3.63, 3.8) is 0 Å². The van der Waals surface area contributed by atoms with Crippen molar-refractivity contribution in [1.29, 1.82) is 0 Å². The van der Waals surface area contributed by atoms with Crippen molar-refractivity contribution in [3.05, 3.63) is 0 Å². The Bertz CT molecular complexity index is 263. The lowest BCUT2D eigenvalue weighted by molar-refractivity contribution is -0.145. The molecule has 0 spiro atoms. The number of piperidine rings is 1. The number of nitrogens with one attached hydrogen (secondary N) is 1. The number of rotatable bonds is 7. The van der Waals surface area contributed by atoms with Gasteiger partial charge in [0.05, 0.1) is 0 Å². The topological polar surface area (TPSA) is 52.6 Å².